The molecule has 5 nitrogen and oxygen atoms in total. The minimum Gasteiger partial charge on any atom is -0.467 e. The zero-order valence-electron chi connectivity index (χ0n) is 14.6. The van der Waals surface area contributed by atoms with Gasteiger partial charge in [-0.2, -0.15) is 0 Å². The molecule has 1 unspecified atom stereocenters. The average Bonchev–Trinajstić information content (AvgIpc) is 3.06. The van der Waals surface area contributed by atoms with Gasteiger partial charge in [0.05, 0.1) is 18.2 Å². The van der Waals surface area contributed by atoms with Crippen molar-refractivity contribution in [1.82, 2.24) is 10.6 Å². The molecule has 24 heavy (non-hydrogen) atoms. The molecule has 0 radical (unpaired) electrons. The third-order valence-corrected chi connectivity index (χ3v) is 4.10. The Morgan fingerprint density at radius 3 is 2.42 bits per heavy atom. The highest BCUT2D eigenvalue weighted by atomic mass is 16.3. The largest absolute Gasteiger partial charge is 0.467 e. The molecule has 2 rings (SSSR count). The van der Waals surface area contributed by atoms with E-state index in [9.17, 15) is 9.59 Å². The van der Waals surface area contributed by atoms with E-state index in [4.69, 9.17) is 4.42 Å². The van der Waals surface area contributed by atoms with Crippen molar-refractivity contribution >= 4 is 11.8 Å². The fourth-order valence-electron chi connectivity index (χ4n) is 2.28. The number of carbonyl (C=O) groups excluding carboxylic acids is 2. The molecule has 1 atom stereocenters. The first-order valence-electron chi connectivity index (χ1n) is 7.99. The maximum atomic E-state index is 12.6. The van der Waals surface area contributed by atoms with Gasteiger partial charge < -0.3 is 15.1 Å². The summed E-state index contributed by atoms with van der Waals surface area (Å²) in [6.07, 6.45) is 1.55. The van der Waals surface area contributed by atoms with Crippen LogP contribution < -0.4 is 10.6 Å². The molecule has 128 valence electrons. The molecule has 1 aromatic carbocycles. The SMILES string of the molecule is Cc1ccc(C(C)(C)C(=O)NC(C)C(=O)NCc2ccco2)cc1. The number of rotatable bonds is 6. The van der Waals surface area contributed by atoms with Crippen LogP contribution in [-0.4, -0.2) is 17.9 Å². The fourth-order valence-corrected chi connectivity index (χ4v) is 2.28. The first-order valence-corrected chi connectivity index (χ1v) is 7.99. The number of carbonyl (C=O) groups is 2. The van der Waals surface area contributed by atoms with Gasteiger partial charge in [0.1, 0.15) is 11.8 Å². The molecule has 2 N–H and O–H groups in total. The zero-order valence-corrected chi connectivity index (χ0v) is 14.6. The molecule has 0 bridgehead atoms. The van der Waals surface area contributed by atoms with E-state index in [2.05, 4.69) is 10.6 Å². The summed E-state index contributed by atoms with van der Waals surface area (Å²) in [5.74, 6) is 0.230. The summed E-state index contributed by atoms with van der Waals surface area (Å²) in [6, 6.07) is 10.7. The smallest absolute Gasteiger partial charge is 0.242 e. The number of benzene rings is 1. The molecule has 1 aromatic heterocycles. The maximum absolute atomic E-state index is 12.6. The summed E-state index contributed by atoms with van der Waals surface area (Å²) < 4.78 is 5.16. The average molecular weight is 328 g/mol. The Morgan fingerprint density at radius 1 is 1.17 bits per heavy atom. The number of amides is 2. The van der Waals surface area contributed by atoms with Crippen LogP contribution in [0.3, 0.4) is 0 Å². The van der Waals surface area contributed by atoms with E-state index in [1.807, 2.05) is 45.0 Å². The normalized spacial score (nSPS) is 12.5. The van der Waals surface area contributed by atoms with Crippen LogP contribution >= 0.6 is 0 Å². The van der Waals surface area contributed by atoms with E-state index in [0.29, 0.717) is 12.3 Å². The van der Waals surface area contributed by atoms with Crippen LogP contribution in [0.4, 0.5) is 0 Å². The number of furan rings is 1. The van der Waals surface area contributed by atoms with Gasteiger partial charge in [-0.15, -0.1) is 0 Å². The van der Waals surface area contributed by atoms with Gasteiger partial charge in [-0.05, 0) is 45.4 Å². The summed E-state index contributed by atoms with van der Waals surface area (Å²) in [6.45, 7) is 7.66. The maximum Gasteiger partial charge on any atom is 0.242 e. The van der Waals surface area contributed by atoms with Crippen molar-refractivity contribution in [1.29, 1.82) is 0 Å². The van der Waals surface area contributed by atoms with Crippen molar-refractivity contribution in [3.05, 3.63) is 59.5 Å². The van der Waals surface area contributed by atoms with Crippen LogP contribution in [0.15, 0.2) is 47.1 Å². The summed E-state index contributed by atoms with van der Waals surface area (Å²) in [5.41, 5.74) is 1.33. The lowest BCUT2D eigenvalue weighted by atomic mass is 9.83. The van der Waals surface area contributed by atoms with E-state index >= 15 is 0 Å². The lowest BCUT2D eigenvalue weighted by Crippen LogP contribution is -2.50. The topological polar surface area (TPSA) is 71.3 Å². The van der Waals surface area contributed by atoms with Gasteiger partial charge in [-0.1, -0.05) is 29.8 Å². The van der Waals surface area contributed by atoms with Crippen molar-refractivity contribution in [3.8, 4) is 0 Å². The Balaban J connectivity index is 1.94. The summed E-state index contributed by atoms with van der Waals surface area (Å²) in [4.78, 5) is 24.7. The molecule has 0 aliphatic heterocycles. The number of hydrogen-bond donors (Lipinski definition) is 2. The number of nitrogens with one attached hydrogen (secondary N) is 2. The second-order valence-corrected chi connectivity index (χ2v) is 6.48. The molecule has 1 heterocycles. The highest BCUT2D eigenvalue weighted by Gasteiger charge is 2.31. The predicted molar refractivity (Wildman–Crippen MR) is 92.4 cm³/mol. The Hall–Kier alpha value is -2.56. The van der Waals surface area contributed by atoms with E-state index in [1.165, 1.54) is 0 Å². The standard InChI is InChI=1S/C19H24N2O3/c1-13-7-9-15(10-8-13)19(3,4)18(23)21-14(2)17(22)20-12-16-6-5-11-24-16/h5-11,14H,12H2,1-4H3,(H,20,22)(H,21,23). The van der Waals surface area contributed by atoms with Gasteiger partial charge in [-0.3, -0.25) is 9.59 Å². The molecule has 5 heteroatoms. The summed E-state index contributed by atoms with van der Waals surface area (Å²) in [7, 11) is 0. The van der Waals surface area contributed by atoms with Gasteiger partial charge in [0.15, 0.2) is 0 Å². The van der Waals surface area contributed by atoms with Gasteiger partial charge >= 0.3 is 0 Å². The molecule has 0 spiro atoms. The summed E-state index contributed by atoms with van der Waals surface area (Å²) >= 11 is 0. The van der Waals surface area contributed by atoms with Crippen molar-refractivity contribution < 1.29 is 14.0 Å². The van der Waals surface area contributed by atoms with Crippen molar-refractivity contribution in [2.45, 2.75) is 45.7 Å². The van der Waals surface area contributed by atoms with E-state index in [1.54, 1.807) is 25.3 Å². The van der Waals surface area contributed by atoms with Crippen LogP contribution in [0.2, 0.25) is 0 Å². The third kappa shape index (κ3) is 4.25. The Morgan fingerprint density at radius 2 is 1.83 bits per heavy atom. The van der Waals surface area contributed by atoms with Crippen LogP contribution in [0.5, 0.6) is 0 Å². The second-order valence-electron chi connectivity index (χ2n) is 6.48. The first-order chi connectivity index (χ1) is 11.3. The molecule has 0 fully saturated rings. The lowest BCUT2D eigenvalue weighted by Gasteiger charge is -2.26. The Bertz CT molecular complexity index is 688. The van der Waals surface area contributed by atoms with Crippen molar-refractivity contribution in [2.75, 3.05) is 0 Å². The van der Waals surface area contributed by atoms with Crippen LogP contribution in [-0.2, 0) is 21.5 Å². The third-order valence-electron chi connectivity index (χ3n) is 4.10. The molecule has 0 aliphatic carbocycles. The Kier molecular flexibility index (Phi) is 5.44. The number of aryl methyl sites for hydroxylation is 1. The molecule has 2 amide bonds. The van der Waals surface area contributed by atoms with E-state index in [-0.39, 0.29) is 11.8 Å². The molecular weight excluding hydrogens is 304 g/mol. The van der Waals surface area contributed by atoms with Crippen molar-refractivity contribution in [3.63, 3.8) is 0 Å². The minimum atomic E-state index is -0.719. The summed E-state index contributed by atoms with van der Waals surface area (Å²) in [5, 5.41) is 5.52. The molecule has 2 aromatic rings. The second kappa shape index (κ2) is 7.34. The van der Waals surface area contributed by atoms with Crippen LogP contribution in [0.25, 0.3) is 0 Å². The van der Waals surface area contributed by atoms with Crippen LogP contribution in [0, 0.1) is 6.92 Å². The van der Waals surface area contributed by atoms with Gasteiger partial charge in [0.2, 0.25) is 11.8 Å². The van der Waals surface area contributed by atoms with Gasteiger partial charge in [0, 0.05) is 0 Å². The quantitative estimate of drug-likeness (QED) is 0.856. The van der Waals surface area contributed by atoms with E-state index in [0.717, 1.165) is 11.1 Å². The molecular formula is C19H24N2O3. The van der Waals surface area contributed by atoms with Gasteiger partial charge in [-0.25, -0.2) is 0 Å². The first kappa shape index (κ1) is 17.8. The van der Waals surface area contributed by atoms with E-state index < -0.39 is 11.5 Å². The number of hydrogen-bond acceptors (Lipinski definition) is 3. The van der Waals surface area contributed by atoms with Crippen LogP contribution in [0.1, 0.15) is 37.7 Å². The fraction of sp³-hybridized carbons (Fsp3) is 0.368. The Labute approximate surface area is 142 Å². The van der Waals surface area contributed by atoms with Crippen molar-refractivity contribution in [2.24, 2.45) is 0 Å². The molecule has 0 aliphatic rings. The highest BCUT2D eigenvalue weighted by Crippen LogP contribution is 2.23. The highest BCUT2D eigenvalue weighted by molar-refractivity contribution is 5.92. The predicted octanol–water partition coefficient (Wildman–Crippen LogP) is 2.69. The minimum absolute atomic E-state index is 0.188. The monoisotopic (exact) mass is 328 g/mol. The molecule has 0 saturated carbocycles. The van der Waals surface area contributed by atoms with Gasteiger partial charge in [0.25, 0.3) is 0 Å². The lowest BCUT2D eigenvalue weighted by molar-refractivity contribution is -0.131. The molecule has 0 saturated heterocycles. The zero-order chi connectivity index (χ0) is 17.7.